The SMILES string of the molecule is CO[C@@H](C(C)C)C1CCC(C(=O)N2Cc3cccnc3Nc3ccc(N4CCOCC4)cc32)CC1. The molecule has 0 unspecified atom stereocenters. The van der Waals surface area contributed by atoms with Crippen LogP contribution in [0, 0.1) is 17.8 Å². The van der Waals surface area contributed by atoms with Gasteiger partial charge in [-0.2, -0.15) is 0 Å². The Morgan fingerprint density at radius 2 is 1.91 bits per heavy atom. The fourth-order valence-electron chi connectivity index (χ4n) is 6.05. The third-order valence-electron chi connectivity index (χ3n) is 7.90. The lowest BCUT2D eigenvalue weighted by Crippen LogP contribution is -2.40. The van der Waals surface area contributed by atoms with Crippen molar-refractivity contribution in [2.75, 3.05) is 48.5 Å². The lowest BCUT2D eigenvalue weighted by atomic mass is 9.76. The number of benzene rings is 1. The van der Waals surface area contributed by atoms with Crippen LogP contribution in [0.1, 0.15) is 45.1 Å². The van der Waals surface area contributed by atoms with E-state index in [0.717, 1.165) is 80.4 Å². The van der Waals surface area contributed by atoms with Crippen LogP contribution in [0.15, 0.2) is 36.5 Å². The van der Waals surface area contributed by atoms with E-state index in [2.05, 4.69) is 53.3 Å². The number of aromatic nitrogens is 1. The topological polar surface area (TPSA) is 66.9 Å². The van der Waals surface area contributed by atoms with Crippen molar-refractivity contribution >= 4 is 28.8 Å². The quantitative estimate of drug-likeness (QED) is 0.653. The molecular formula is C28H38N4O3. The van der Waals surface area contributed by atoms with E-state index in [-0.39, 0.29) is 17.9 Å². The molecule has 1 saturated carbocycles. The summed E-state index contributed by atoms with van der Waals surface area (Å²) in [6.45, 7) is 8.17. The third kappa shape index (κ3) is 5.02. The van der Waals surface area contributed by atoms with Gasteiger partial charge in [0.2, 0.25) is 5.91 Å². The molecular weight excluding hydrogens is 440 g/mol. The normalized spacial score (nSPS) is 23.2. The summed E-state index contributed by atoms with van der Waals surface area (Å²) in [6.07, 6.45) is 5.98. The average molecular weight is 479 g/mol. The number of amides is 1. The highest BCUT2D eigenvalue weighted by Crippen LogP contribution is 2.41. The second-order valence-corrected chi connectivity index (χ2v) is 10.4. The van der Waals surface area contributed by atoms with Gasteiger partial charge in [-0.1, -0.05) is 19.9 Å². The van der Waals surface area contributed by atoms with E-state index < -0.39 is 0 Å². The number of nitrogens with zero attached hydrogens (tertiary/aromatic N) is 3. The van der Waals surface area contributed by atoms with Gasteiger partial charge in [0.15, 0.2) is 0 Å². The largest absolute Gasteiger partial charge is 0.381 e. The number of rotatable bonds is 5. The molecule has 5 rings (SSSR count). The molecule has 1 atom stereocenters. The molecule has 0 bridgehead atoms. The summed E-state index contributed by atoms with van der Waals surface area (Å²) in [5, 5.41) is 3.50. The summed E-state index contributed by atoms with van der Waals surface area (Å²) in [5.41, 5.74) is 4.05. The monoisotopic (exact) mass is 478 g/mol. The molecule has 0 spiro atoms. The van der Waals surface area contributed by atoms with Gasteiger partial charge in [0.1, 0.15) is 5.82 Å². The molecule has 3 aliphatic rings. The van der Waals surface area contributed by atoms with Crippen molar-refractivity contribution in [3.63, 3.8) is 0 Å². The molecule has 1 aromatic carbocycles. The van der Waals surface area contributed by atoms with Gasteiger partial charge < -0.3 is 24.6 Å². The van der Waals surface area contributed by atoms with E-state index in [1.54, 1.807) is 6.20 Å². The highest BCUT2D eigenvalue weighted by molar-refractivity contribution is 6.00. The molecule has 1 aliphatic carbocycles. The van der Waals surface area contributed by atoms with Crippen LogP contribution in [-0.4, -0.2) is 50.4 Å². The van der Waals surface area contributed by atoms with Crippen LogP contribution < -0.4 is 15.1 Å². The number of methoxy groups -OCH3 is 1. The Hall–Kier alpha value is -2.64. The second kappa shape index (κ2) is 10.5. The first-order chi connectivity index (χ1) is 17.0. The molecule has 7 nitrogen and oxygen atoms in total. The maximum absolute atomic E-state index is 14.1. The van der Waals surface area contributed by atoms with Crippen LogP contribution in [0.5, 0.6) is 0 Å². The van der Waals surface area contributed by atoms with Crippen LogP contribution in [0.25, 0.3) is 0 Å². The van der Waals surface area contributed by atoms with Crippen LogP contribution in [0.4, 0.5) is 22.9 Å². The molecule has 0 radical (unpaired) electrons. The number of carbonyl (C=O) groups excluding carboxylic acids is 1. The average Bonchev–Trinajstić information content (AvgIpc) is 3.06. The Labute approximate surface area is 208 Å². The highest BCUT2D eigenvalue weighted by Gasteiger charge is 2.36. The maximum Gasteiger partial charge on any atom is 0.230 e. The summed E-state index contributed by atoms with van der Waals surface area (Å²) < 4.78 is 11.4. The van der Waals surface area contributed by atoms with Gasteiger partial charge in [-0.15, -0.1) is 0 Å². The molecule has 1 saturated heterocycles. The van der Waals surface area contributed by atoms with Gasteiger partial charge in [0.05, 0.1) is 37.2 Å². The van der Waals surface area contributed by atoms with Gasteiger partial charge in [0.25, 0.3) is 0 Å². The van der Waals surface area contributed by atoms with Crippen molar-refractivity contribution in [2.45, 2.75) is 52.2 Å². The van der Waals surface area contributed by atoms with Gasteiger partial charge in [-0.05, 0) is 61.8 Å². The number of morpholine rings is 1. The first kappa shape index (κ1) is 24.1. The fourth-order valence-corrected chi connectivity index (χ4v) is 6.05. The van der Waals surface area contributed by atoms with E-state index >= 15 is 0 Å². The van der Waals surface area contributed by atoms with Gasteiger partial charge in [-0.3, -0.25) is 4.79 Å². The van der Waals surface area contributed by atoms with Crippen molar-refractivity contribution in [1.29, 1.82) is 0 Å². The lowest BCUT2D eigenvalue weighted by molar-refractivity contribution is -0.124. The predicted octanol–water partition coefficient (Wildman–Crippen LogP) is 4.99. The number of carbonyl (C=O) groups is 1. The van der Waals surface area contributed by atoms with E-state index in [0.29, 0.717) is 18.4 Å². The Kier molecular flexibility index (Phi) is 7.25. The molecule has 35 heavy (non-hydrogen) atoms. The number of pyridine rings is 1. The summed E-state index contributed by atoms with van der Waals surface area (Å²) in [5.74, 6) is 2.10. The van der Waals surface area contributed by atoms with Crippen molar-refractivity contribution < 1.29 is 14.3 Å². The van der Waals surface area contributed by atoms with Crippen molar-refractivity contribution in [3.8, 4) is 0 Å². The smallest absolute Gasteiger partial charge is 0.230 e. The molecule has 1 amide bonds. The molecule has 2 fully saturated rings. The molecule has 3 heterocycles. The van der Waals surface area contributed by atoms with Crippen molar-refractivity contribution in [1.82, 2.24) is 4.98 Å². The van der Waals surface area contributed by atoms with Crippen molar-refractivity contribution in [3.05, 3.63) is 42.1 Å². The minimum Gasteiger partial charge on any atom is -0.381 e. The zero-order valence-corrected chi connectivity index (χ0v) is 21.2. The number of ether oxygens (including phenoxy) is 2. The summed E-state index contributed by atoms with van der Waals surface area (Å²) in [4.78, 5) is 23.0. The Morgan fingerprint density at radius 1 is 1.14 bits per heavy atom. The first-order valence-electron chi connectivity index (χ1n) is 13.1. The molecule has 188 valence electrons. The van der Waals surface area contributed by atoms with E-state index in [4.69, 9.17) is 9.47 Å². The second-order valence-electron chi connectivity index (χ2n) is 10.4. The summed E-state index contributed by atoms with van der Waals surface area (Å²) >= 11 is 0. The van der Waals surface area contributed by atoms with Crippen LogP contribution >= 0.6 is 0 Å². The Morgan fingerprint density at radius 3 is 2.63 bits per heavy atom. The van der Waals surface area contributed by atoms with Gasteiger partial charge in [0, 0.05) is 43.6 Å². The standard InChI is InChI=1S/C28H38N4O3/c1-19(2)26(34-3)20-6-8-21(9-7-20)28(33)32-18-22-5-4-12-29-27(22)30-24-11-10-23(17-25(24)32)31-13-15-35-16-14-31/h4-5,10-12,17,19-21,26H,6-9,13-16,18H2,1-3H3,(H,29,30)/t20?,21?,26-/m0/s1. The third-order valence-corrected chi connectivity index (χ3v) is 7.90. The molecule has 1 aromatic heterocycles. The van der Waals surface area contributed by atoms with E-state index in [1.165, 1.54) is 0 Å². The Bertz CT molecular complexity index is 1030. The zero-order chi connectivity index (χ0) is 24.4. The fraction of sp³-hybridized carbons (Fsp3) is 0.571. The van der Waals surface area contributed by atoms with E-state index in [9.17, 15) is 4.79 Å². The zero-order valence-electron chi connectivity index (χ0n) is 21.2. The molecule has 2 aromatic rings. The van der Waals surface area contributed by atoms with Crippen molar-refractivity contribution in [2.24, 2.45) is 17.8 Å². The summed E-state index contributed by atoms with van der Waals surface area (Å²) in [7, 11) is 1.82. The molecule has 7 heteroatoms. The van der Waals surface area contributed by atoms with E-state index in [1.807, 2.05) is 18.1 Å². The number of hydrogen-bond donors (Lipinski definition) is 1. The van der Waals surface area contributed by atoms with Crippen LogP contribution in [-0.2, 0) is 20.8 Å². The number of anilines is 4. The summed E-state index contributed by atoms with van der Waals surface area (Å²) in [6, 6.07) is 10.4. The van der Waals surface area contributed by atoms with Crippen LogP contribution in [0.3, 0.4) is 0 Å². The number of nitrogens with one attached hydrogen (secondary N) is 1. The van der Waals surface area contributed by atoms with Gasteiger partial charge in [-0.25, -0.2) is 4.98 Å². The highest BCUT2D eigenvalue weighted by atomic mass is 16.5. The maximum atomic E-state index is 14.1. The molecule has 1 N–H and O–H groups in total. The van der Waals surface area contributed by atoms with Gasteiger partial charge >= 0.3 is 0 Å². The minimum atomic E-state index is 0.0361. The number of fused-ring (bicyclic) bond motifs is 2. The first-order valence-corrected chi connectivity index (χ1v) is 13.1. The van der Waals surface area contributed by atoms with Crippen LogP contribution in [0.2, 0.25) is 0 Å². The number of hydrogen-bond acceptors (Lipinski definition) is 6. The predicted molar refractivity (Wildman–Crippen MR) is 139 cm³/mol. The molecule has 2 aliphatic heterocycles. The minimum absolute atomic E-state index is 0.0361. The Balaban J connectivity index is 1.42. The lowest BCUT2D eigenvalue weighted by Gasteiger charge is -2.36.